The fourth-order valence-corrected chi connectivity index (χ4v) is 20.7. The molecule has 10 nitrogen and oxygen atoms in total. The van der Waals surface area contributed by atoms with Gasteiger partial charge >= 0.3 is 0 Å². The molecule has 26 rings (SSSR count). The minimum absolute atomic E-state index is 0.149. The second-order valence-corrected chi connectivity index (χ2v) is 35.6. The number of phenolic OH excluding ortho intramolecular Hbond substituents is 4. The fourth-order valence-electron chi connectivity index (χ4n) is 20.7. The van der Waals surface area contributed by atoms with E-state index in [4.69, 9.17) is 20.4 Å². The standard InChI is InChI=1S/2C25H18O2.2C15H14.2C13H8O.2C12H10.2C2H6.4CH4O/c2*26-19-13-9-17(10-14-19)25(18-11-15-20(27)16-12-18)23-7-3-1-5-21(23)22-6-2-4-8-24(22)25;2*1-15(2)13-9-5-3-7-11(13)12-8-4-6-10-14(12)15;2*14-13-11-7-3-1-5-9(11)10-6-2-4-8-12(10)13;2*1-3-7-11(8-4-1)12-9-5-2-6-10-12;6*1-2/h2*1-16,26-27H;2*3-10H,1-2H3;2*1-8H;2*1-10H;2*1-2H3;4*2H,1H3. The van der Waals surface area contributed by atoms with E-state index in [0.717, 1.165) is 95.2 Å². The lowest BCUT2D eigenvalue weighted by Gasteiger charge is -2.33. The number of hydrogen-bond acceptors (Lipinski definition) is 10. The van der Waals surface area contributed by atoms with E-state index < -0.39 is 10.8 Å². The van der Waals surface area contributed by atoms with Gasteiger partial charge in [-0.05, 0) is 204 Å². The van der Waals surface area contributed by atoms with Gasteiger partial charge in [-0.15, -0.1) is 0 Å². The molecule has 0 saturated carbocycles. The Morgan fingerprint density at radius 3 is 0.426 bits per heavy atom. The zero-order chi connectivity index (χ0) is 105. The SMILES string of the molecule is CC.CC.CC1(C)c2ccccc2-c2ccccc21.CC1(C)c2ccccc2-c2ccccc21.CO.CO.CO.CO.O=C1c2ccccc2-c2ccccc21.O=C1c2ccccc2-c2ccccc21.Oc1ccc(C2(c3ccc(O)cc3)c3ccccc3-c3ccccc32)cc1.Oc1ccc(C2(c3ccc(O)cc3)c3ccccc3-c3ccccc32)cc1.c1ccc(-c2ccccc2)cc1.c1ccc(-c2ccccc2)cc1. The largest absolute Gasteiger partial charge is 0.508 e. The van der Waals surface area contributed by atoms with Gasteiger partial charge in [0.2, 0.25) is 0 Å². The Morgan fingerprint density at radius 1 is 0.142 bits per heavy atom. The molecule has 0 bridgehead atoms. The minimum Gasteiger partial charge on any atom is -0.508 e. The number of aliphatic hydroxyl groups excluding tert-OH is 4. The highest BCUT2D eigenvalue weighted by molar-refractivity contribution is 6.22. The molecule has 10 heteroatoms. The Kier molecular flexibility index (Phi) is 37.5. The maximum absolute atomic E-state index is 11.9. The molecule has 0 fully saturated rings. The van der Waals surface area contributed by atoms with Gasteiger partial charge in [-0.2, -0.15) is 0 Å². The number of fused-ring (bicyclic) bond motifs is 18. The van der Waals surface area contributed by atoms with Gasteiger partial charge in [0.05, 0.1) is 10.8 Å². The lowest BCUT2D eigenvalue weighted by Crippen LogP contribution is -2.28. The molecule has 8 N–H and O–H groups in total. The molecule has 20 aromatic carbocycles. The van der Waals surface area contributed by atoms with Gasteiger partial charge in [-0.1, -0.05) is 516 Å². The van der Waals surface area contributed by atoms with E-state index in [1.54, 1.807) is 48.5 Å². The van der Waals surface area contributed by atoms with E-state index >= 15 is 0 Å². The van der Waals surface area contributed by atoms with E-state index in [1.807, 2.05) is 198 Å². The monoisotopic (exact) mass is 1940 g/mol. The molecule has 20 aromatic rings. The second kappa shape index (κ2) is 51.3. The lowest BCUT2D eigenvalue weighted by atomic mass is 9.68. The van der Waals surface area contributed by atoms with E-state index in [0.29, 0.717) is 0 Å². The summed E-state index contributed by atoms with van der Waals surface area (Å²) in [5, 5.41) is 67.4. The molecule has 0 aliphatic heterocycles. The molecule has 148 heavy (non-hydrogen) atoms. The molecule has 0 saturated heterocycles. The molecular formula is C138H128O10. The summed E-state index contributed by atoms with van der Waals surface area (Å²) >= 11 is 0. The summed E-state index contributed by atoms with van der Waals surface area (Å²) in [5.74, 6) is 1.30. The van der Waals surface area contributed by atoms with Crippen molar-refractivity contribution in [2.24, 2.45) is 0 Å². The third kappa shape index (κ3) is 22.3. The van der Waals surface area contributed by atoms with Crippen LogP contribution in [0.15, 0.2) is 510 Å². The number of ketones is 2. The number of aromatic hydroxyl groups is 4. The van der Waals surface area contributed by atoms with Crippen LogP contribution in [0.5, 0.6) is 23.0 Å². The van der Waals surface area contributed by atoms with E-state index in [2.05, 4.69) is 319 Å². The van der Waals surface area contributed by atoms with Crippen LogP contribution in [0.3, 0.4) is 0 Å². The Bertz CT molecular complexity index is 6800. The maximum atomic E-state index is 11.9. The zero-order valence-electron chi connectivity index (χ0n) is 85.9. The second-order valence-electron chi connectivity index (χ2n) is 35.6. The average molecular weight is 1950 g/mol. The Balaban J connectivity index is 0.000000142. The van der Waals surface area contributed by atoms with Crippen molar-refractivity contribution in [3.8, 4) is 112 Å². The molecular weight excluding hydrogens is 1820 g/mol. The number of carbonyl (C=O) groups excluding carboxylic acids is 2. The molecule has 0 aromatic heterocycles. The quantitative estimate of drug-likeness (QED) is 0.0793. The summed E-state index contributed by atoms with van der Waals surface area (Å²) < 4.78 is 0. The number of phenols is 4. The molecule has 0 unspecified atom stereocenters. The van der Waals surface area contributed by atoms with Crippen molar-refractivity contribution in [2.75, 3.05) is 28.4 Å². The summed E-state index contributed by atoms with van der Waals surface area (Å²) in [6.07, 6.45) is 0. The zero-order valence-corrected chi connectivity index (χ0v) is 85.9. The van der Waals surface area contributed by atoms with E-state index in [-0.39, 0.29) is 45.4 Å². The van der Waals surface area contributed by atoms with Crippen LogP contribution < -0.4 is 0 Å². The van der Waals surface area contributed by atoms with Gasteiger partial charge in [-0.3, -0.25) is 9.59 Å². The van der Waals surface area contributed by atoms with Gasteiger partial charge in [-0.25, -0.2) is 0 Å². The van der Waals surface area contributed by atoms with Crippen molar-refractivity contribution in [1.82, 2.24) is 0 Å². The molecule has 6 aliphatic carbocycles. The van der Waals surface area contributed by atoms with Crippen molar-refractivity contribution in [1.29, 1.82) is 0 Å². The van der Waals surface area contributed by atoms with E-state index in [1.165, 1.54) is 111 Å². The highest BCUT2D eigenvalue weighted by Crippen LogP contribution is 2.59. The normalized spacial score (nSPS) is 12.4. The average Bonchev–Trinajstić information content (AvgIpc) is 1.54. The van der Waals surface area contributed by atoms with Crippen LogP contribution in [0.4, 0.5) is 0 Å². The number of hydrogen-bond donors (Lipinski definition) is 8. The summed E-state index contributed by atoms with van der Waals surface area (Å²) in [6, 6.07) is 171. The predicted octanol–water partition coefficient (Wildman–Crippen LogP) is 31.9. The topological polar surface area (TPSA) is 196 Å². The Morgan fingerprint density at radius 2 is 0.264 bits per heavy atom. The molecule has 0 amide bonds. The third-order valence-corrected chi connectivity index (χ3v) is 27.1. The molecule has 0 atom stereocenters. The van der Waals surface area contributed by atoms with Crippen molar-refractivity contribution in [3.63, 3.8) is 0 Å². The van der Waals surface area contributed by atoms with Crippen molar-refractivity contribution in [3.05, 3.63) is 599 Å². The molecule has 6 aliphatic rings. The van der Waals surface area contributed by atoms with Gasteiger partial charge < -0.3 is 40.9 Å². The van der Waals surface area contributed by atoms with Crippen LogP contribution in [0, 0.1) is 0 Å². The van der Waals surface area contributed by atoms with Crippen LogP contribution >= 0.6 is 0 Å². The number of aliphatic hydroxyl groups is 4. The highest BCUT2D eigenvalue weighted by atomic mass is 16.3. The first-order valence-electron chi connectivity index (χ1n) is 49.9. The summed E-state index contributed by atoms with van der Waals surface area (Å²) in [6.45, 7) is 17.2. The van der Waals surface area contributed by atoms with Crippen molar-refractivity contribution < 1.29 is 50.4 Å². The molecule has 740 valence electrons. The first-order chi connectivity index (χ1) is 72.5. The van der Waals surface area contributed by atoms with Gasteiger partial charge in [0, 0.05) is 61.5 Å². The molecule has 0 heterocycles. The number of carbonyl (C=O) groups is 2. The molecule has 0 spiro atoms. The summed E-state index contributed by atoms with van der Waals surface area (Å²) in [5.41, 5.74) is 37.5. The van der Waals surface area contributed by atoms with Crippen molar-refractivity contribution >= 4 is 11.6 Å². The molecule has 0 radical (unpaired) electrons. The van der Waals surface area contributed by atoms with E-state index in [9.17, 15) is 30.0 Å². The first-order valence-corrected chi connectivity index (χ1v) is 49.9. The first kappa shape index (κ1) is 108. The van der Waals surface area contributed by atoms with Crippen LogP contribution in [-0.2, 0) is 21.7 Å². The summed E-state index contributed by atoms with van der Waals surface area (Å²) in [4.78, 5) is 23.8. The van der Waals surface area contributed by atoms with Gasteiger partial charge in [0.1, 0.15) is 23.0 Å². The Hall–Kier alpha value is -17.2. The smallest absolute Gasteiger partial charge is 0.194 e. The van der Waals surface area contributed by atoms with Crippen LogP contribution in [0.25, 0.3) is 89.0 Å². The van der Waals surface area contributed by atoms with Crippen LogP contribution in [-0.4, -0.2) is 80.9 Å². The predicted molar refractivity (Wildman–Crippen MR) is 612 cm³/mol. The minimum atomic E-state index is -0.491. The van der Waals surface area contributed by atoms with Crippen LogP contribution in [0.2, 0.25) is 0 Å². The van der Waals surface area contributed by atoms with Crippen molar-refractivity contribution in [2.45, 2.75) is 77.0 Å². The highest BCUT2D eigenvalue weighted by Gasteiger charge is 2.48. The fraction of sp³-hybridized carbons (Fsp3) is 0.116. The lowest BCUT2D eigenvalue weighted by molar-refractivity contribution is 0.103. The third-order valence-electron chi connectivity index (χ3n) is 27.1. The number of benzene rings is 20. The number of rotatable bonds is 6. The maximum Gasteiger partial charge on any atom is 0.194 e. The van der Waals surface area contributed by atoms with Gasteiger partial charge in [0.25, 0.3) is 0 Å². The Labute approximate surface area is 872 Å². The van der Waals surface area contributed by atoms with Gasteiger partial charge in [0.15, 0.2) is 11.6 Å². The summed E-state index contributed by atoms with van der Waals surface area (Å²) in [7, 11) is 4.00. The van der Waals surface area contributed by atoms with Crippen LogP contribution in [0.1, 0.15) is 154 Å².